The maximum Gasteiger partial charge on any atom is 0.233 e. The molecule has 1 atom stereocenters. The standard InChI is InChI=1S/C19H19FN4OS/c1-13(18(25)21-12-14-6-4-3-5-7-14)26-19-23-22-17(24(19)2)15-8-10-16(20)11-9-15/h3-11,13H,12H2,1-2H3,(H,21,25)/t13-/m0/s1. The topological polar surface area (TPSA) is 59.8 Å². The van der Waals surface area contributed by atoms with Crippen molar-refractivity contribution in [3.63, 3.8) is 0 Å². The van der Waals surface area contributed by atoms with Gasteiger partial charge in [-0.15, -0.1) is 10.2 Å². The van der Waals surface area contributed by atoms with Gasteiger partial charge in [-0.3, -0.25) is 4.79 Å². The highest BCUT2D eigenvalue weighted by atomic mass is 32.2. The number of carbonyl (C=O) groups excluding carboxylic acids is 1. The van der Waals surface area contributed by atoms with Crippen LogP contribution in [0.2, 0.25) is 0 Å². The Morgan fingerprint density at radius 2 is 1.85 bits per heavy atom. The summed E-state index contributed by atoms with van der Waals surface area (Å²) in [6, 6.07) is 15.8. The third-order valence-corrected chi connectivity index (χ3v) is 5.03. The van der Waals surface area contributed by atoms with E-state index in [1.807, 2.05) is 44.3 Å². The first-order valence-electron chi connectivity index (χ1n) is 8.18. The molecule has 7 heteroatoms. The molecule has 0 aliphatic heterocycles. The average molecular weight is 370 g/mol. The second-order valence-electron chi connectivity index (χ2n) is 5.84. The number of amides is 1. The molecule has 0 fully saturated rings. The maximum atomic E-state index is 13.1. The maximum absolute atomic E-state index is 13.1. The molecule has 0 spiro atoms. The number of rotatable bonds is 6. The second kappa shape index (κ2) is 8.14. The van der Waals surface area contributed by atoms with Crippen LogP contribution in [-0.4, -0.2) is 25.9 Å². The average Bonchev–Trinajstić information content (AvgIpc) is 3.01. The SMILES string of the molecule is C[C@H](Sc1nnc(-c2ccc(F)cc2)n1C)C(=O)NCc1ccccc1. The fourth-order valence-corrected chi connectivity index (χ4v) is 3.25. The highest BCUT2D eigenvalue weighted by Crippen LogP contribution is 2.25. The molecule has 1 amide bonds. The van der Waals surface area contributed by atoms with Gasteiger partial charge in [-0.2, -0.15) is 0 Å². The molecule has 5 nitrogen and oxygen atoms in total. The van der Waals surface area contributed by atoms with Gasteiger partial charge >= 0.3 is 0 Å². The number of nitrogens with zero attached hydrogens (tertiary/aromatic N) is 3. The van der Waals surface area contributed by atoms with Crippen molar-refractivity contribution in [3.8, 4) is 11.4 Å². The number of halogens is 1. The number of hydrogen-bond acceptors (Lipinski definition) is 4. The molecule has 3 rings (SSSR count). The summed E-state index contributed by atoms with van der Waals surface area (Å²) in [6.07, 6.45) is 0. The van der Waals surface area contributed by atoms with Crippen LogP contribution in [0.15, 0.2) is 59.8 Å². The third-order valence-electron chi connectivity index (χ3n) is 3.90. The van der Waals surface area contributed by atoms with Gasteiger partial charge in [0.1, 0.15) is 5.82 Å². The van der Waals surface area contributed by atoms with Gasteiger partial charge in [0.2, 0.25) is 5.91 Å². The van der Waals surface area contributed by atoms with Gasteiger partial charge in [-0.1, -0.05) is 42.1 Å². The Morgan fingerprint density at radius 1 is 1.15 bits per heavy atom. The smallest absolute Gasteiger partial charge is 0.233 e. The first kappa shape index (κ1) is 18.1. The predicted octanol–water partition coefficient (Wildman–Crippen LogP) is 3.42. The predicted molar refractivity (Wildman–Crippen MR) is 100 cm³/mol. The summed E-state index contributed by atoms with van der Waals surface area (Å²) in [4.78, 5) is 12.3. The Kier molecular flexibility index (Phi) is 5.68. The number of aromatic nitrogens is 3. The summed E-state index contributed by atoms with van der Waals surface area (Å²) in [5.74, 6) is 0.267. The van der Waals surface area contributed by atoms with Crippen molar-refractivity contribution >= 4 is 17.7 Å². The monoisotopic (exact) mass is 370 g/mol. The molecule has 1 N–H and O–H groups in total. The molecule has 2 aromatic carbocycles. The minimum Gasteiger partial charge on any atom is -0.351 e. The van der Waals surface area contributed by atoms with E-state index in [1.54, 1.807) is 16.7 Å². The van der Waals surface area contributed by atoms with Crippen molar-refractivity contribution in [2.45, 2.75) is 23.9 Å². The molecular formula is C19H19FN4OS. The van der Waals surface area contributed by atoms with Crippen LogP contribution >= 0.6 is 11.8 Å². The lowest BCUT2D eigenvalue weighted by Crippen LogP contribution is -2.30. The van der Waals surface area contributed by atoms with Crippen LogP contribution in [0.3, 0.4) is 0 Å². The molecule has 26 heavy (non-hydrogen) atoms. The molecule has 0 radical (unpaired) electrons. The van der Waals surface area contributed by atoms with Crippen LogP contribution in [0.1, 0.15) is 12.5 Å². The highest BCUT2D eigenvalue weighted by molar-refractivity contribution is 8.00. The molecule has 0 unspecified atom stereocenters. The normalized spacial score (nSPS) is 12.0. The van der Waals surface area contributed by atoms with E-state index in [4.69, 9.17) is 0 Å². The molecular weight excluding hydrogens is 351 g/mol. The zero-order chi connectivity index (χ0) is 18.5. The van der Waals surface area contributed by atoms with E-state index in [0.717, 1.165) is 11.1 Å². The first-order chi connectivity index (χ1) is 12.5. The number of carbonyl (C=O) groups is 1. The summed E-state index contributed by atoms with van der Waals surface area (Å²) in [6.45, 7) is 2.32. The van der Waals surface area contributed by atoms with E-state index >= 15 is 0 Å². The molecule has 0 aliphatic carbocycles. The Bertz CT molecular complexity index is 880. The van der Waals surface area contributed by atoms with Crippen LogP contribution in [0.4, 0.5) is 4.39 Å². The molecule has 134 valence electrons. The Morgan fingerprint density at radius 3 is 2.54 bits per heavy atom. The van der Waals surface area contributed by atoms with Gasteiger partial charge < -0.3 is 9.88 Å². The van der Waals surface area contributed by atoms with Crippen LogP contribution in [-0.2, 0) is 18.4 Å². The van der Waals surface area contributed by atoms with Crippen molar-refractivity contribution in [1.29, 1.82) is 0 Å². The van der Waals surface area contributed by atoms with Crippen molar-refractivity contribution < 1.29 is 9.18 Å². The molecule has 0 saturated heterocycles. The van der Waals surface area contributed by atoms with Crippen LogP contribution in [0.5, 0.6) is 0 Å². The summed E-state index contributed by atoms with van der Waals surface area (Å²) in [5.41, 5.74) is 1.82. The van der Waals surface area contributed by atoms with E-state index in [9.17, 15) is 9.18 Å². The number of hydrogen-bond donors (Lipinski definition) is 1. The summed E-state index contributed by atoms with van der Waals surface area (Å²) in [7, 11) is 1.83. The number of nitrogens with one attached hydrogen (secondary N) is 1. The highest BCUT2D eigenvalue weighted by Gasteiger charge is 2.19. The van der Waals surface area contributed by atoms with Crippen molar-refractivity contribution in [3.05, 3.63) is 66.0 Å². The Labute approximate surface area is 155 Å². The molecule has 1 aromatic heterocycles. The zero-order valence-corrected chi connectivity index (χ0v) is 15.3. The first-order valence-corrected chi connectivity index (χ1v) is 9.06. The molecule has 3 aromatic rings. The van der Waals surface area contributed by atoms with Crippen molar-refractivity contribution in [2.75, 3.05) is 0 Å². The molecule has 0 saturated carbocycles. The van der Waals surface area contributed by atoms with E-state index < -0.39 is 0 Å². The summed E-state index contributed by atoms with van der Waals surface area (Å²) >= 11 is 1.34. The largest absolute Gasteiger partial charge is 0.351 e. The van der Waals surface area contributed by atoms with Crippen molar-refractivity contribution in [1.82, 2.24) is 20.1 Å². The fourth-order valence-electron chi connectivity index (χ4n) is 2.41. The summed E-state index contributed by atoms with van der Waals surface area (Å²) in [5, 5.41) is 11.6. The lowest BCUT2D eigenvalue weighted by Gasteiger charge is -2.11. The number of benzene rings is 2. The Hall–Kier alpha value is -2.67. The molecule has 0 aliphatic rings. The van der Waals surface area contributed by atoms with Crippen LogP contribution in [0, 0.1) is 5.82 Å². The lowest BCUT2D eigenvalue weighted by molar-refractivity contribution is -0.120. The van der Waals surface area contributed by atoms with Gasteiger partial charge in [0.15, 0.2) is 11.0 Å². The fraction of sp³-hybridized carbons (Fsp3) is 0.211. The second-order valence-corrected chi connectivity index (χ2v) is 7.14. The molecule has 0 bridgehead atoms. The number of thioether (sulfide) groups is 1. The lowest BCUT2D eigenvalue weighted by atomic mass is 10.2. The van der Waals surface area contributed by atoms with E-state index in [1.165, 1.54) is 23.9 Å². The Balaban J connectivity index is 1.63. The van der Waals surface area contributed by atoms with Gasteiger partial charge in [0.25, 0.3) is 0 Å². The third kappa shape index (κ3) is 4.29. The van der Waals surface area contributed by atoms with Gasteiger partial charge in [0, 0.05) is 19.2 Å². The van der Waals surface area contributed by atoms with Gasteiger partial charge in [0.05, 0.1) is 5.25 Å². The van der Waals surface area contributed by atoms with Gasteiger partial charge in [-0.25, -0.2) is 4.39 Å². The van der Waals surface area contributed by atoms with Gasteiger partial charge in [-0.05, 0) is 36.8 Å². The quantitative estimate of drug-likeness (QED) is 0.676. The summed E-state index contributed by atoms with van der Waals surface area (Å²) < 4.78 is 14.9. The van der Waals surface area contributed by atoms with E-state index in [-0.39, 0.29) is 17.0 Å². The molecule has 1 heterocycles. The van der Waals surface area contributed by atoms with Crippen LogP contribution < -0.4 is 5.32 Å². The minimum absolute atomic E-state index is 0.0646. The van der Waals surface area contributed by atoms with Crippen LogP contribution in [0.25, 0.3) is 11.4 Å². The zero-order valence-electron chi connectivity index (χ0n) is 14.5. The van der Waals surface area contributed by atoms with Crippen molar-refractivity contribution in [2.24, 2.45) is 7.05 Å². The van der Waals surface area contributed by atoms with E-state index in [2.05, 4.69) is 15.5 Å². The van der Waals surface area contributed by atoms with E-state index in [0.29, 0.717) is 17.5 Å². The minimum atomic E-state index is -0.317.